The number of hydrogen-bond acceptors (Lipinski definition) is 3. The first-order valence-corrected chi connectivity index (χ1v) is 4.99. The zero-order chi connectivity index (χ0) is 11.1. The Morgan fingerprint density at radius 1 is 1.27 bits per heavy atom. The Hall–Kier alpha value is -1.64. The maximum atomic E-state index is 5.99. The highest BCUT2D eigenvalue weighted by molar-refractivity contribution is 5.89. The number of nitrogens with zero attached hydrogens (tertiary/aromatic N) is 2. The Morgan fingerprint density at radius 2 is 2.00 bits per heavy atom. The van der Waals surface area contributed by atoms with Crippen LogP contribution in [0.4, 0.5) is 5.69 Å². The minimum absolute atomic E-state index is 0.0121. The number of nitrogen functional groups attached to an aromatic ring is 1. The Morgan fingerprint density at radius 3 is 2.67 bits per heavy atom. The SMILES string of the molecule is CC(C)(C)c1cc(N)c2ccncc2n1. The molecule has 3 nitrogen and oxygen atoms in total. The predicted molar refractivity (Wildman–Crippen MR) is 62.7 cm³/mol. The molecule has 0 saturated heterocycles. The second-order valence-electron chi connectivity index (χ2n) is 4.74. The van der Waals surface area contributed by atoms with Gasteiger partial charge in [0.15, 0.2) is 0 Å². The van der Waals surface area contributed by atoms with E-state index in [0.29, 0.717) is 0 Å². The van der Waals surface area contributed by atoms with Gasteiger partial charge in [-0.2, -0.15) is 0 Å². The molecule has 2 rings (SSSR count). The Labute approximate surface area is 89.4 Å². The lowest BCUT2D eigenvalue weighted by molar-refractivity contribution is 0.572. The van der Waals surface area contributed by atoms with Gasteiger partial charge in [0.05, 0.1) is 11.7 Å². The number of pyridine rings is 2. The average Bonchev–Trinajstić information content (AvgIpc) is 2.16. The summed E-state index contributed by atoms with van der Waals surface area (Å²) >= 11 is 0. The first-order chi connectivity index (χ1) is 6.98. The number of nitrogens with two attached hydrogens (primary N) is 1. The van der Waals surface area contributed by atoms with Crippen molar-refractivity contribution in [2.45, 2.75) is 26.2 Å². The van der Waals surface area contributed by atoms with Gasteiger partial charge in [-0.3, -0.25) is 9.97 Å². The number of hydrogen-bond donors (Lipinski definition) is 1. The van der Waals surface area contributed by atoms with Crippen molar-refractivity contribution in [2.24, 2.45) is 0 Å². The van der Waals surface area contributed by atoms with Gasteiger partial charge in [0.1, 0.15) is 0 Å². The van der Waals surface area contributed by atoms with Gasteiger partial charge in [-0.05, 0) is 12.1 Å². The lowest BCUT2D eigenvalue weighted by atomic mass is 9.91. The van der Waals surface area contributed by atoms with Crippen LogP contribution in [0, 0.1) is 0 Å². The van der Waals surface area contributed by atoms with Gasteiger partial charge in [0.2, 0.25) is 0 Å². The van der Waals surface area contributed by atoms with Crippen LogP contribution >= 0.6 is 0 Å². The van der Waals surface area contributed by atoms with Crippen LogP contribution in [0.15, 0.2) is 24.5 Å². The smallest absolute Gasteiger partial charge is 0.0909 e. The fraction of sp³-hybridized carbons (Fsp3) is 0.333. The van der Waals surface area contributed by atoms with E-state index in [1.54, 1.807) is 12.4 Å². The van der Waals surface area contributed by atoms with Crippen LogP contribution in [0.3, 0.4) is 0 Å². The molecule has 0 unspecified atom stereocenters. The van der Waals surface area contributed by atoms with Crippen LogP contribution in [-0.4, -0.2) is 9.97 Å². The zero-order valence-corrected chi connectivity index (χ0v) is 9.28. The van der Waals surface area contributed by atoms with E-state index < -0.39 is 0 Å². The molecule has 2 aromatic heterocycles. The first-order valence-electron chi connectivity index (χ1n) is 4.99. The van der Waals surface area contributed by atoms with Crippen LogP contribution in [0.5, 0.6) is 0 Å². The van der Waals surface area contributed by atoms with Crippen molar-refractivity contribution in [3.63, 3.8) is 0 Å². The van der Waals surface area contributed by atoms with Gasteiger partial charge in [0.25, 0.3) is 0 Å². The molecule has 0 spiro atoms. The summed E-state index contributed by atoms with van der Waals surface area (Å²) in [4.78, 5) is 8.62. The van der Waals surface area contributed by atoms with Gasteiger partial charge < -0.3 is 5.73 Å². The third kappa shape index (κ3) is 1.77. The van der Waals surface area contributed by atoms with Crippen molar-refractivity contribution < 1.29 is 0 Å². The number of anilines is 1. The summed E-state index contributed by atoms with van der Waals surface area (Å²) in [6.07, 6.45) is 3.48. The summed E-state index contributed by atoms with van der Waals surface area (Å²) in [5, 5.41) is 0.970. The second kappa shape index (κ2) is 3.19. The molecule has 3 heteroatoms. The van der Waals surface area contributed by atoms with Crippen molar-refractivity contribution >= 4 is 16.6 Å². The lowest BCUT2D eigenvalue weighted by Crippen LogP contribution is -2.14. The molecule has 2 aromatic rings. The Bertz CT molecular complexity index is 498. The summed E-state index contributed by atoms with van der Waals surface area (Å²) in [5.74, 6) is 0. The van der Waals surface area contributed by atoms with Crippen LogP contribution < -0.4 is 5.73 Å². The molecular formula is C12H15N3. The second-order valence-corrected chi connectivity index (χ2v) is 4.74. The molecule has 0 aliphatic heterocycles. The van der Waals surface area contributed by atoms with Crippen molar-refractivity contribution in [3.05, 3.63) is 30.2 Å². The fourth-order valence-electron chi connectivity index (χ4n) is 1.49. The van der Waals surface area contributed by atoms with Crippen LogP contribution in [0.25, 0.3) is 10.9 Å². The number of aromatic nitrogens is 2. The topological polar surface area (TPSA) is 51.8 Å². The van der Waals surface area contributed by atoms with Crippen molar-refractivity contribution in [1.82, 2.24) is 9.97 Å². The lowest BCUT2D eigenvalue weighted by Gasteiger charge is -2.18. The highest BCUT2D eigenvalue weighted by Crippen LogP contribution is 2.26. The molecule has 0 saturated carbocycles. The minimum atomic E-state index is 0.0121. The third-order valence-corrected chi connectivity index (χ3v) is 2.41. The van der Waals surface area contributed by atoms with E-state index in [4.69, 9.17) is 5.73 Å². The van der Waals surface area contributed by atoms with Gasteiger partial charge in [-0.1, -0.05) is 20.8 Å². The highest BCUT2D eigenvalue weighted by Gasteiger charge is 2.16. The first kappa shape index (κ1) is 9.90. The van der Waals surface area contributed by atoms with Crippen LogP contribution in [-0.2, 0) is 5.41 Å². The molecule has 0 aliphatic carbocycles. The summed E-state index contributed by atoms with van der Waals surface area (Å²) in [5.41, 5.74) is 8.63. The summed E-state index contributed by atoms with van der Waals surface area (Å²) < 4.78 is 0. The van der Waals surface area contributed by atoms with Crippen LogP contribution in [0.1, 0.15) is 26.5 Å². The molecule has 0 fully saturated rings. The van der Waals surface area contributed by atoms with Gasteiger partial charge in [0, 0.05) is 28.4 Å². The maximum absolute atomic E-state index is 5.99. The van der Waals surface area contributed by atoms with E-state index in [9.17, 15) is 0 Å². The molecule has 0 amide bonds. The fourth-order valence-corrected chi connectivity index (χ4v) is 1.49. The highest BCUT2D eigenvalue weighted by atomic mass is 14.8. The monoisotopic (exact) mass is 201 g/mol. The summed E-state index contributed by atoms with van der Waals surface area (Å²) in [7, 11) is 0. The quantitative estimate of drug-likeness (QED) is 0.712. The molecule has 0 aliphatic rings. The van der Waals surface area contributed by atoms with Gasteiger partial charge in [-0.25, -0.2) is 0 Å². The van der Waals surface area contributed by atoms with Gasteiger partial charge in [-0.15, -0.1) is 0 Å². The average molecular weight is 201 g/mol. The van der Waals surface area contributed by atoms with E-state index in [2.05, 4.69) is 30.7 Å². The third-order valence-electron chi connectivity index (χ3n) is 2.41. The van der Waals surface area contributed by atoms with Gasteiger partial charge >= 0.3 is 0 Å². The summed E-state index contributed by atoms with van der Waals surface area (Å²) in [6.45, 7) is 6.37. The van der Waals surface area contributed by atoms with E-state index in [-0.39, 0.29) is 5.41 Å². The molecular weight excluding hydrogens is 186 g/mol. The van der Waals surface area contributed by atoms with Crippen molar-refractivity contribution in [2.75, 3.05) is 5.73 Å². The number of fused-ring (bicyclic) bond motifs is 1. The Balaban J connectivity index is 2.73. The molecule has 2 N–H and O–H groups in total. The van der Waals surface area contributed by atoms with E-state index in [1.807, 2.05) is 12.1 Å². The molecule has 2 heterocycles. The van der Waals surface area contributed by atoms with Crippen LogP contribution in [0.2, 0.25) is 0 Å². The van der Waals surface area contributed by atoms with Crippen molar-refractivity contribution in [3.8, 4) is 0 Å². The molecule has 0 bridgehead atoms. The van der Waals surface area contributed by atoms with E-state index >= 15 is 0 Å². The number of rotatable bonds is 0. The standard InChI is InChI=1S/C12H15N3/c1-12(2,3)11-6-9(13)8-4-5-14-7-10(8)15-11/h4-7H,1-3H3,(H2,13,15). The zero-order valence-electron chi connectivity index (χ0n) is 9.28. The largest absolute Gasteiger partial charge is 0.398 e. The predicted octanol–water partition coefficient (Wildman–Crippen LogP) is 2.51. The molecule has 78 valence electrons. The maximum Gasteiger partial charge on any atom is 0.0909 e. The minimum Gasteiger partial charge on any atom is -0.398 e. The van der Waals surface area contributed by atoms with Crippen molar-refractivity contribution in [1.29, 1.82) is 0 Å². The van der Waals surface area contributed by atoms with E-state index in [1.165, 1.54) is 0 Å². The molecule has 15 heavy (non-hydrogen) atoms. The summed E-state index contributed by atoms with van der Waals surface area (Å²) in [6, 6.07) is 3.84. The molecule has 0 aromatic carbocycles. The molecule has 0 atom stereocenters. The Kier molecular flexibility index (Phi) is 2.11. The normalized spacial score (nSPS) is 11.9. The van der Waals surface area contributed by atoms with E-state index in [0.717, 1.165) is 22.3 Å². The molecule has 0 radical (unpaired) electrons.